The molecule has 0 aromatic rings. The Hall–Kier alpha value is -1.10. The molecule has 0 spiro atoms. The highest BCUT2D eigenvalue weighted by Gasteiger charge is 2.30. The number of carbonyl (C=O) groups is 2. The zero-order valence-electron chi connectivity index (χ0n) is 13.1. The summed E-state index contributed by atoms with van der Waals surface area (Å²) in [5.74, 6) is -0.775. The van der Waals surface area contributed by atoms with Crippen LogP contribution in [0.3, 0.4) is 0 Å². The molecule has 1 heterocycles. The molecular weight excluding hydrogens is 256 g/mol. The van der Waals surface area contributed by atoms with Crippen LogP contribution in [0.1, 0.15) is 53.4 Å². The van der Waals surface area contributed by atoms with E-state index in [2.05, 4.69) is 0 Å². The minimum atomic E-state index is -0.805. The molecule has 1 aliphatic rings. The van der Waals surface area contributed by atoms with Crippen LogP contribution in [-0.2, 0) is 9.59 Å². The third kappa shape index (κ3) is 4.47. The fourth-order valence-electron chi connectivity index (χ4n) is 3.06. The van der Waals surface area contributed by atoms with Gasteiger partial charge in [-0.05, 0) is 47.1 Å². The van der Waals surface area contributed by atoms with Gasteiger partial charge in [-0.25, -0.2) is 0 Å². The number of carboxylic acid groups (broad SMARTS) is 1. The smallest absolute Gasteiger partial charge is 0.320 e. The monoisotopic (exact) mass is 284 g/mol. The molecule has 5 heteroatoms. The van der Waals surface area contributed by atoms with Crippen molar-refractivity contribution in [3.63, 3.8) is 0 Å². The first-order chi connectivity index (χ1) is 9.34. The topological polar surface area (TPSA) is 60.9 Å². The van der Waals surface area contributed by atoms with Crippen LogP contribution in [0.15, 0.2) is 0 Å². The van der Waals surface area contributed by atoms with Gasteiger partial charge < -0.3 is 10.0 Å². The molecule has 1 rings (SSSR count). The van der Waals surface area contributed by atoms with Crippen LogP contribution in [-0.4, -0.2) is 58.0 Å². The van der Waals surface area contributed by atoms with Gasteiger partial charge in [-0.15, -0.1) is 0 Å². The van der Waals surface area contributed by atoms with Crippen LogP contribution in [0.25, 0.3) is 0 Å². The number of aliphatic carboxylic acids is 1. The lowest BCUT2D eigenvalue weighted by molar-refractivity contribution is -0.145. The minimum absolute atomic E-state index is 0.0307. The van der Waals surface area contributed by atoms with Gasteiger partial charge in [-0.1, -0.05) is 12.8 Å². The van der Waals surface area contributed by atoms with Crippen molar-refractivity contribution in [3.8, 4) is 0 Å². The largest absolute Gasteiger partial charge is 0.480 e. The number of rotatable bonds is 5. The van der Waals surface area contributed by atoms with E-state index in [1.807, 2.05) is 37.5 Å². The first-order valence-electron chi connectivity index (χ1n) is 7.62. The Morgan fingerprint density at radius 1 is 1.15 bits per heavy atom. The average Bonchev–Trinajstić information content (AvgIpc) is 2.53. The van der Waals surface area contributed by atoms with Crippen LogP contribution in [0, 0.1) is 0 Å². The highest BCUT2D eigenvalue weighted by Crippen LogP contribution is 2.18. The molecule has 0 aromatic heterocycles. The van der Waals surface area contributed by atoms with Crippen molar-refractivity contribution in [2.24, 2.45) is 0 Å². The quantitative estimate of drug-likeness (QED) is 0.838. The summed E-state index contributed by atoms with van der Waals surface area (Å²) >= 11 is 0. The molecule has 1 atom stereocenters. The van der Waals surface area contributed by atoms with E-state index in [0.717, 1.165) is 19.3 Å². The lowest BCUT2D eigenvalue weighted by Gasteiger charge is -2.34. The van der Waals surface area contributed by atoms with Crippen LogP contribution in [0.5, 0.6) is 0 Å². The molecule has 0 bridgehead atoms. The van der Waals surface area contributed by atoms with Gasteiger partial charge in [-0.2, -0.15) is 0 Å². The Morgan fingerprint density at radius 2 is 1.75 bits per heavy atom. The summed E-state index contributed by atoms with van der Waals surface area (Å²) in [5.41, 5.74) is 0. The Bertz CT molecular complexity index is 334. The van der Waals surface area contributed by atoms with Crippen molar-refractivity contribution in [2.75, 3.05) is 13.1 Å². The number of carbonyl (C=O) groups excluding carboxylic acids is 1. The number of carboxylic acids is 1. The van der Waals surface area contributed by atoms with E-state index >= 15 is 0 Å². The Balaban J connectivity index is 2.76. The van der Waals surface area contributed by atoms with Gasteiger partial charge in [0.25, 0.3) is 0 Å². The predicted molar refractivity (Wildman–Crippen MR) is 78.6 cm³/mol. The SMILES string of the molecule is CC(C)N(C(=O)CN1CCCCCC1C(=O)O)C(C)C. The van der Waals surface area contributed by atoms with Crippen LogP contribution < -0.4 is 0 Å². The molecule has 0 radical (unpaired) electrons. The zero-order valence-corrected chi connectivity index (χ0v) is 13.1. The molecule has 1 N–H and O–H groups in total. The third-order valence-electron chi connectivity index (χ3n) is 3.89. The number of likely N-dealkylation sites (tertiary alicyclic amines) is 1. The van der Waals surface area contributed by atoms with E-state index in [-0.39, 0.29) is 24.5 Å². The normalized spacial score (nSPS) is 21.0. The van der Waals surface area contributed by atoms with Crippen LogP contribution >= 0.6 is 0 Å². The molecule has 1 unspecified atom stereocenters. The van der Waals surface area contributed by atoms with Gasteiger partial charge in [-0.3, -0.25) is 14.5 Å². The fourth-order valence-corrected chi connectivity index (χ4v) is 3.06. The predicted octanol–water partition coefficient (Wildman–Crippen LogP) is 1.96. The molecule has 1 saturated heterocycles. The Labute approximate surface area is 121 Å². The minimum Gasteiger partial charge on any atom is -0.480 e. The molecular formula is C15H28N2O3. The second-order valence-electron chi connectivity index (χ2n) is 6.16. The van der Waals surface area contributed by atoms with E-state index in [1.54, 1.807) is 0 Å². The van der Waals surface area contributed by atoms with Crippen molar-refractivity contribution in [2.45, 2.75) is 71.5 Å². The van der Waals surface area contributed by atoms with Crippen molar-refractivity contribution >= 4 is 11.9 Å². The van der Waals surface area contributed by atoms with Gasteiger partial charge in [0.05, 0.1) is 6.54 Å². The van der Waals surface area contributed by atoms with E-state index in [4.69, 9.17) is 0 Å². The summed E-state index contributed by atoms with van der Waals surface area (Å²) in [6.45, 7) is 8.90. The van der Waals surface area contributed by atoms with Crippen molar-refractivity contribution in [3.05, 3.63) is 0 Å². The molecule has 1 amide bonds. The third-order valence-corrected chi connectivity index (χ3v) is 3.89. The number of nitrogens with zero attached hydrogens (tertiary/aromatic N) is 2. The summed E-state index contributed by atoms with van der Waals surface area (Å²) in [6.07, 6.45) is 3.60. The zero-order chi connectivity index (χ0) is 15.3. The summed E-state index contributed by atoms with van der Waals surface area (Å²) in [7, 11) is 0. The number of amides is 1. The summed E-state index contributed by atoms with van der Waals surface area (Å²) in [4.78, 5) is 27.5. The molecule has 1 fully saturated rings. The first kappa shape index (κ1) is 17.0. The van der Waals surface area contributed by atoms with Gasteiger partial charge in [0.15, 0.2) is 0 Å². The van der Waals surface area contributed by atoms with E-state index < -0.39 is 12.0 Å². The molecule has 5 nitrogen and oxygen atoms in total. The van der Waals surface area contributed by atoms with E-state index in [9.17, 15) is 14.7 Å². The number of hydrogen-bond acceptors (Lipinski definition) is 3. The van der Waals surface area contributed by atoms with Crippen molar-refractivity contribution in [1.29, 1.82) is 0 Å². The maximum absolute atomic E-state index is 12.5. The summed E-state index contributed by atoms with van der Waals surface area (Å²) in [6, 6.07) is -0.238. The highest BCUT2D eigenvalue weighted by molar-refractivity contribution is 5.80. The Kier molecular flexibility index (Phi) is 6.46. The summed E-state index contributed by atoms with van der Waals surface area (Å²) < 4.78 is 0. The maximum atomic E-state index is 12.5. The summed E-state index contributed by atoms with van der Waals surface area (Å²) in [5, 5.41) is 9.34. The van der Waals surface area contributed by atoms with Crippen LogP contribution in [0.2, 0.25) is 0 Å². The maximum Gasteiger partial charge on any atom is 0.320 e. The second-order valence-corrected chi connectivity index (χ2v) is 6.16. The lowest BCUT2D eigenvalue weighted by Crippen LogP contribution is -2.50. The first-order valence-corrected chi connectivity index (χ1v) is 7.62. The standard InChI is InChI=1S/C15H28N2O3/c1-11(2)17(12(3)4)14(18)10-16-9-7-5-6-8-13(16)15(19)20/h11-13H,5-10H2,1-4H3,(H,19,20). The second kappa shape index (κ2) is 7.62. The Morgan fingerprint density at radius 3 is 2.25 bits per heavy atom. The van der Waals surface area contributed by atoms with Gasteiger partial charge >= 0.3 is 5.97 Å². The molecule has 20 heavy (non-hydrogen) atoms. The fraction of sp³-hybridized carbons (Fsp3) is 0.867. The average molecular weight is 284 g/mol. The highest BCUT2D eigenvalue weighted by atomic mass is 16.4. The van der Waals surface area contributed by atoms with Crippen molar-refractivity contribution in [1.82, 2.24) is 9.80 Å². The van der Waals surface area contributed by atoms with E-state index in [0.29, 0.717) is 13.0 Å². The van der Waals surface area contributed by atoms with Gasteiger partial charge in [0, 0.05) is 12.1 Å². The molecule has 0 aliphatic carbocycles. The lowest BCUT2D eigenvalue weighted by atomic mass is 10.1. The van der Waals surface area contributed by atoms with Gasteiger partial charge in [0.1, 0.15) is 6.04 Å². The molecule has 0 aromatic carbocycles. The molecule has 0 saturated carbocycles. The van der Waals surface area contributed by atoms with Crippen LogP contribution in [0.4, 0.5) is 0 Å². The molecule has 116 valence electrons. The molecule has 1 aliphatic heterocycles. The van der Waals surface area contributed by atoms with Gasteiger partial charge in [0.2, 0.25) is 5.91 Å². The number of hydrogen-bond donors (Lipinski definition) is 1. The van der Waals surface area contributed by atoms with E-state index in [1.165, 1.54) is 0 Å². The van der Waals surface area contributed by atoms with Crippen molar-refractivity contribution < 1.29 is 14.7 Å².